The summed E-state index contributed by atoms with van der Waals surface area (Å²) in [5.41, 5.74) is 0.666. The number of rotatable bonds is 5. The van der Waals surface area contributed by atoms with Crippen LogP contribution in [0.4, 0.5) is 8.78 Å². The van der Waals surface area contributed by atoms with Crippen LogP contribution < -0.4 is 9.47 Å². The number of ketones is 1. The first-order chi connectivity index (χ1) is 10.1. The van der Waals surface area contributed by atoms with Gasteiger partial charge in [-0.05, 0) is 29.8 Å². The molecule has 5 heteroatoms. The van der Waals surface area contributed by atoms with Crippen molar-refractivity contribution in [2.24, 2.45) is 0 Å². The van der Waals surface area contributed by atoms with E-state index < -0.39 is 11.6 Å². The first-order valence-corrected chi connectivity index (χ1v) is 6.25. The molecule has 2 aromatic rings. The minimum Gasteiger partial charge on any atom is -0.496 e. The van der Waals surface area contributed by atoms with E-state index in [-0.39, 0.29) is 17.8 Å². The number of halogens is 2. The van der Waals surface area contributed by atoms with Gasteiger partial charge in [0.25, 0.3) is 0 Å². The summed E-state index contributed by atoms with van der Waals surface area (Å²) in [5.74, 6) is -1.47. The molecular weight excluding hydrogens is 278 g/mol. The van der Waals surface area contributed by atoms with Crippen molar-refractivity contribution in [2.45, 2.75) is 6.42 Å². The standard InChI is InChI=1S/C16H14F2O3/c1-20-14-4-3-5-15(21-2)16(14)13(19)9-10-6-7-11(17)12(18)8-10/h3-8H,9H2,1-2H3. The average Bonchev–Trinajstić information content (AvgIpc) is 2.49. The van der Waals surface area contributed by atoms with E-state index in [0.29, 0.717) is 17.1 Å². The molecule has 0 saturated carbocycles. The van der Waals surface area contributed by atoms with Crippen LogP contribution in [0.2, 0.25) is 0 Å². The van der Waals surface area contributed by atoms with Crippen LogP contribution >= 0.6 is 0 Å². The van der Waals surface area contributed by atoms with Crippen molar-refractivity contribution in [3.8, 4) is 11.5 Å². The van der Waals surface area contributed by atoms with Gasteiger partial charge in [0.15, 0.2) is 17.4 Å². The molecule has 0 N–H and O–H groups in total. The van der Waals surface area contributed by atoms with E-state index in [1.807, 2.05) is 0 Å². The molecule has 0 radical (unpaired) electrons. The summed E-state index contributed by atoms with van der Waals surface area (Å²) in [7, 11) is 2.90. The Bertz CT molecular complexity index is 646. The molecule has 0 unspecified atom stereocenters. The van der Waals surface area contributed by atoms with Crippen LogP contribution in [0, 0.1) is 11.6 Å². The molecule has 2 rings (SSSR count). The van der Waals surface area contributed by atoms with Crippen molar-refractivity contribution in [3.63, 3.8) is 0 Å². The monoisotopic (exact) mass is 292 g/mol. The van der Waals surface area contributed by atoms with Crippen LogP contribution in [0.5, 0.6) is 11.5 Å². The summed E-state index contributed by atoms with van der Waals surface area (Å²) in [6, 6.07) is 8.36. The molecule has 0 saturated heterocycles. The molecule has 0 atom stereocenters. The number of benzene rings is 2. The Hall–Kier alpha value is -2.43. The summed E-state index contributed by atoms with van der Waals surface area (Å²) in [5, 5.41) is 0. The van der Waals surface area contributed by atoms with Crippen molar-refractivity contribution in [3.05, 3.63) is 59.2 Å². The second kappa shape index (κ2) is 6.35. The zero-order valence-electron chi connectivity index (χ0n) is 11.7. The van der Waals surface area contributed by atoms with Gasteiger partial charge in [0.05, 0.1) is 14.2 Å². The third kappa shape index (κ3) is 3.18. The molecule has 110 valence electrons. The van der Waals surface area contributed by atoms with E-state index >= 15 is 0 Å². The first-order valence-electron chi connectivity index (χ1n) is 6.25. The second-order valence-corrected chi connectivity index (χ2v) is 4.39. The minimum absolute atomic E-state index is 0.0755. The second-order valence-electron chi connectivity index (χ2n) is 4.39. The number of hydrogen-bond acceptors (Lipinski definition) is 3. The van der Waals surface area contributed by atoms with Gasteiger partial charge in [-0.15, -0.1) is 0 Å². The SMILES string of the molecule is COc1cccc(OC)c1C(=O)Cc1ccc(F)c(F)c1. The Kier molecular flexibility index (Phi) is 4.52. The molecule has 21 heavy (non-hydrogen) atoms. The Morgan fingerprint density at radius 2 is 1.62 bits per heavy atom. The Balaban J connectivity index is 2.34. The minimum atomic E-state index is -0.979. The maximum Gasteiger partial charge on any atom is 0.174 e. The normalized spacial score (nSPS) is 10.3. The highest BCUT2D eigenvalue weighted by Gasteiger charge is 2.18. The van der Waals surface area contributed by atoms with Crippen LogP contribution in [0.1, 0.15) is 15.9 Å². The quantitative estimate of drug-likeness (QED) is 0.792. The molecule has 0 bridgehead atoms. The zero-order chi connectivity index (χ0) is 15.4. The predicted octanol–water partition coefficient (Wildman–Crippen LogP) is 3.41. The van der Waals surface area contributed by atoms with Gasteiger partial charge < -0.3 is 9.47 Å². The Morgan fingerprint density at radius 3 is 2.14 bits per heavy atom. The maximum absolute atomic E-state index is 13.2. The van der Waals surface area contributed by atoms with Gasteiger partial charge in [0, 0.05) is 6.42 Å². The van der Waals surface area contributed by atoms with Crippen LogP contribution in [0.3, 0.4) is 0 Å². The highest BCUT2D eigenvalue weighted by Crippen LogP contribution is 2.29. The van der Waals surface area contributed by atoms with Crippen molar-refractivity contribution in [2.75, 3.05) is 14.2 Å². The van der Waals surface area contributed by atoms with Crippen molar-refractivity contribution in [1.29, 1.82) is 0 Å². The molecule has 0 aliphatic carbocycles. The molecule has 0 aliphatic rings. The van der Waals surface area contributed by atoms with Gasteiger partial charge in [-0.1, -0.05) is 12.1 Å². The molecule has 0 heterocycles. The summed E-state index contributed by atoms with van der Waals surface area (Å²) in [6.07, 6.45) is -0.0755. The highest BCUT2D eigenvalue weighted by molar-refractivity contribution is 6.02. The van der Waals surface area contributed by atoms with Crippen LogP contribution in [-0.4, -0.2) is 20.0 Å². The van der Waals surface area contributed by atoms with E-state index in [0.717, 1.165) is 12.1 Å². The summed E-state index contributed by atoms with van der Waals surface area (Å²) < 4.78 is 36.4. The lowest BCUT2D eigenvalue weighted by molar-refractivity contribution is 0.0987. The lowest BCUT2D eigenvalue weighted by Gasteiger charge is -2.12. The van der Waals surface area contributed by atoms with Gasteiger partial charge in [-0.2, -0.15) is 0 Å². The molecule has 0 fully saturated rings. The molecular formula is C16H14F2O3. The molecule has 2 aromatic carbocycles. The van der Waals surface area contributed by atoms with E-state index in [9.17, 15) is 13.6 Å². The number of hydrogen-bond donors (Lipinski definition) is 0. The summed E-state index contributed by atoms with van der Waals surface area (Å²) in [6.45, 7) is 0. The van der Waals surface area contributed by atoms with Gasteiger partial charge in [0.2, 0.25) is 0 Å². The van der Waals surface area contributed by atoms with Gasteiger partial charge >= 0.3 is 0 Å². The Morgan fingerprint density at radius 1 is 1.00 bits per heavy atom. The number of Topliss-reactive ketones (excluding diaryl/α,β-unsaturated/α-hetero) is 1. The smallest absolute Gasteiger partial charge is 0.174 e. The van der Waals surface area contributed by atoms with E-state index in [1.54, 1.807) is 18.2 Å². The van der Waals surface area contributed by atoms with E-state index in [2.05, 4.69) is 0 Å². The van der Waals surface area contributed by atoms with E-state index in [1.165, 1.54) is 20.3 Å². The number of carbonyl (C=O) groups is 1. The number of ether oxygens (including phenoxy) is 2. The Labute approximate surface area is 121 Å². The fourth-order valence-electron chi connectivity index (χ4n) is 2.05. The summed E-state index contributed by atoms with van der Waals surface area (Å²) >= 11 is 0. The molecule has 0 spiro atoms. The van der Waals surface area contributed by atoms with Gasteiger partial charge in [-0.3, -0.25) is 4.79 Å². The molecule has 3 nitrogen and oxygen atoms in total. The van der Waals surface area contributed by atoms with Crippen LogP contribution in [0.15, 0.2) is 36.4 Å². The largest absolute Gasteiger partial charge is 0.496 e. The molecule has 0 aromatic heterocycles. The molecule has 0 amide bonds. The van der Waals surface area contributed by atoms with Gasteiger partial charge in [-0.25, -0.2) is 8.78 Å². The third-order valence-corrected chi connectivity index (χ3v) is 3.06. The third-order valence-electron chi connectivity index (χ3n) is 3.06. The van der Waals surface area contributed by atoms with Crippen LogP contribution in [-0.2, 0) is 6.42 Å². The van der Waals surface area contributed by atoms with Crippen molar-refractivity contribution in [1.82, 2.24) is 0 Å². The van der Waals surface area contributed by atoms with Crippen molar-refractivity contribution >= 4 is 5.78 Å². The maximum atomic E-state index is 13.2. The number of carbonyl (C=O) groups excluding carboxylic acids is 1. The lowest BCUT2D eigenvalue weighted by atomic mass is 10.0. The zero-order valence-corrected chi connectivity index (χ0v) is 11.7. The highest BCUT2D eigenvalue weighted by atomic mass is 19.2. The van der Waals surface area contributed by atoms with Gasteiger partial charge in [0.1, 0.15) is 17.1 Å². The molecule has 0 aliphatic heterocycles. The fourth-order valence-corrected chi connectivity index (χ4v) is 2.05. The van der Waals surface area contributed by atoms with Crippen molar-refractivity contribution < 1.29 is 23.0 Å². The summed E-state index contributed by atoms with van der Waals surface area (Å²) in [4.78, 5) is 12.4. The first kappa shape index (κ1) is 15.0. The van der Waals surface area contributed by atoms with E-state index in [4.69, 9.17) is 9.47 Å². The van der Waals surface area contributed by atoms with Crippen LogP contribution in [0.25, 0.3) is 0 Å². The topological polar surface area (TPSA) is 35.5 Å². The predicted molar refractivity (Wildman–Crippen MR) is 73.9 cm³/mol. The number of methoxy groups -OCH3 is 2. The fraction of sp³-hybridized carbons (Fsp3) is 0.188. The lowest BCUT2D eigenvalue weighted by Crippen LogP contribution is -2.08. The average molecular weight is 292 g/mol.